The lowest BCUT2D eigenvalue weighted by Gasteiger charge is -2.24. The fourth-order valence-electron chi connectivity index (χ4n) is 2.21. The van der Waals surface area contributed by atoms with E-state index in [2.05, 4.69) is 15.4 Å². The molecular formula is C21H44N2O9Si. The molecule has 12 heteroatoms. The number of carbonyl (C=O) groups excluding carboxylic acids is 3. The fourth-order valence-corrected chi connectivity index (χ4v) is 3.93. The number of hydrogen-bond donors (Lipinski definition) is 3. The third-order valence-corrected chi connectivity index (χ3v) is 7.71. The lowest BCUT2D eigenvalue weighted by Crippen LogP contribution is -2.44. The number of hydrogen-bond acceptors (Lipinski definition) is 9. The highest BCUT2D eigenvalue weighted by atomic mass is 28.4. The maximum Gasteiger partial charge on any atom is 0.500 e. The van der Waals surface area contributed by atoms with E-state index in [9.17, 15) is 14.4 Å². The largest absolute Gasteiger partial charge is 0.500 e. The molecule has 196 valence electrons. The van der Waals surface area contributed by atoms with E-state index in [1.807, 2.05) is 20.8 Å². The summed E-state index contributed by atoms with van der Waals surface area (Å²) in [5.41, 5.74) is 0. The molecule has 11 nitrogen and oxygen atoms in total. The fraction of sp³-hybridized carbons (Fsp3) is 0.857. The van der Waals surface area contributed by atoms with Crippen LogP contribution in [0.4, 0.5) is 4.79 Å². The van der Waals surface area contributed by atoms with Crippen molar-refractivity contribution < 1.29 is 42.2 Å². The third-order valence-electron chi connectivity index (χ3n) is 4.88. The van der Waals surface area contributed by atoms with Crippen LogP contribution >= 0.6 is 0 Å². The van der Waals surface area contributed by atoms with Crippen molar-refractivity contribution >= 4 is 26.8 Å². The molecule has 0 saturated heterocycles. The van der Waals surface area contributed by atoms with E-state index in [0.29, 0.717) is 19.0 Å². The van der Waals surface area contributed by atoms with Gasteiger partial charge in [0.2, 0.25) is 0 Å². The number of nitrogens with one attached hydrogen (secondary N) is 2. The van der Waals surface area contributed by atoms with Crippen molar-refractivity contribution in [2.75, 3.05) is 54.2 Å². The van der Waals surface area contributed by atoms with Crippen LogP contribution in [0.25, 0.3) is 0 Å². The summed E-state index contributed by atoms with van der Waals surface area (Å²) in [5, 5.41) is 13.6. The number of amides is 2. The Bertz CT molecular complexity index is 526. The first-order valence-electron chi connectivity index (χ1n) is 11.3. The highest BCUT2D eigenvalue weighted by Gasteiger charge is 2.36. The lowest BCUT2D eigenvalue weighted by atomic mass is 10.1. The zero-order valence-electron chi connectivity index (χ0n) is 21.2. The van der Waals surface area contributed by atoms with E-state index in [0.717, 1.165) is 12.8 Å². The normalized spacial score (nSPS) is 12.6. The topological polar surface area (TPSA) is 142 Å². The van der Waals surface area contributed by atoms with Crippen LogP contribution in [0.2, 0.25) is 6.04 Å². The van der Waals surface area contributed by atoms with Gasteiger partial charge in [0.25, 0.3) is 0 Å². The van der Waals surface area contributed by atoms with Crippen molar-refractivity contribution in [3.63, 3.8) is 0 Å². The van der Waals surface area contributed by atoms with Crippen molar-refractivity contribution in [1.29, 1.82) is 0 Å². The Kier molecular flexibility index (Phi) is 21.1. The van der Waals surface area contributed by atoms with Gasteiger partial charge >= 0.3 is 26.8 Å². The quantitative estimate of drug-likeness (QED) is 0.165. The zero-order chi connectivity index (χ0) is 25.7. The molecular weight excluding hydrogens is 452 g/mol. The van der Waals surface area contributed by atoms with Gasteiger partial charge in [0.05, 0.1) is 25.0 Å². The molecule has 0 aliphatic carbocycles. The van der Waals surface area contributed by atoms with Gasteiger partial charge < -0.3 is 38.5 Å². The van der Waals surface area contributed by atoms with Crippen molar-refractivity contribution in [2.24, 2.45) is 11.8 Å². The second-order valence-corrected chi connectivity index (χ2v) is 10.3. The van der Waals surface area contributed by atoms with Gasteiger partial charge in [-0.1, -0.05) is 27.7 Å². The van der Waals surface area contributed by atoms with Crippen LogP contribution in [-0.2, 0) is 32.3 Å². The Labute approximate surface area is 199 Å². The average molecular weight is 497 g/mol. The van der Waals surface area contributed by atoms with Crippen LogP contribution in [0.3, 0.4) is 0 Å². The minimum atomic E-state index is -2.58. The van der Waals surface area contributed by atoms with Gasteiger partial charge in [0.15, 0.2) is 0 Å². The first kappa shape index (κ1) is 33.4. The van der Waals surface area contributed by atoms with E-state index >= 15 is 0 Å². The van der Waals surface area contributed by atoms with E-state index in [1.54, 1.807) is 28.3 Å². The molecule has 3 N–H and O–H groups in total. The Balaban J connectivity index is 0. The summed E-state index contributed by atoms with van der Waals surface area (Å²) in [6.07, 6.45) is 2.20. The number of esters is 2. The second kappa shape index (κ2) is 20.8. The smallest absolute Gasteiger partial charge is 0.464 e. The molecule has 2 atom stereocenters. The summed E-state index contributed by atoms with van der Waals surface area (Å²) in [4.78, 5) is 33.8. The molecule has 0 saturated carbocycles. The molecule has 33 heavy (non-hydrogen) atoms. The molecule has 0 aromatic heterocycles. The lowest BCUT2D eigenvalue weighted by molar-refractivity contribution is -0.149. The molecule has 2 amide bonds. The summed E-state index contributed by atoms with van der Waals surface area (Å²) in [6, 6.07) is 0.313. The van der Waals surface area contributed by atoms with Crippen molar-refractivity contribution in [1.82, 2.24) is 10.6 Å². The highest BCUT2D eigenvalue weighted by Crippen LogP contribution is 2.14. The van der Waals surface area contributed by atoms with E-state index < -0.39 is 8.80 Å². The van der Waals surface area contributed by atoms with Crippen molar-refractivity contribution in [2.45, 2.75) is 53.0 Å². The third kappa shape index (κ3) is 16.5. The summed E-state index contributed by atoms with van der Waals surface area (Å²) in [5.74, 6) is -0.631. The summed E-state index contributed by atoms with van der Waals surface area (Å²) >= 11 is 0. The number of aliphatic hydroxyl groups is 1. The van der Waals surface area contributed by atoms with E-state index in [-0.39, 0.29) is 56.2 Å². The molecule has 0 aliphatic rings. The molecule has 0 fully saturated rings. The minimum Gasteiger partial charge on any atom is -0.464 e. The maximum absolute atomic E-state index is 11.6. The van der Waals surface area contributed by atoms with Gasteiger partial charge in [-0.3, -0.25) is 9.59 Å². The number of aliphatic hydroxyl groups excluding tert-OH is 1. The van der Waals surface area contributed by atoms with Crippen LogP contribution in [0.15, 0.2) is 0 Å². The average Bonchev–Trinajstić information content (AvgIpc) is 2.84. The van der Waals surface area contributed by atoms with E-state index in [4.69, 9.17) is 23.1 Å². The van der Waals surface area contributed by atoms with Crippen molar-refractivity contribution in [3.8, 4) is 0 Å². The maximum atomic E-state index is 11.6. The van der Waals surface area contributed by atoms with Gasteiger partial charge in [0.1, 0.15) is 13.2 Å². The predicted molar refractivity (Wildman–Crippen MR) is 126 cm³/mol. The van der Waals surface area contributed by atoms with Gasteiger partial charge in [-0.15, -0.1) is 0 Å². The SMILES string of the molecule is CCC(C)C(=O)OCCNC(=O)NCCC[Si](OC)(OC)OC.CCC(C)C(=O)OCCO. The van der Waals surface area contributed by atoms with Crippen LogP contribution < -0.4 is 10.6 Å². The van der Waals surface area contributed by atoms with Crippen molar-refractivity contribution in [3.05, 3.63) is 0 Å². The van der Waals surface area contributed by atoms with Gasteiger partial charge in [-0.25, -0.2) is 4.79 Å². The predicted octanol–water partition coefficient (Wildman–Crippen LogP) is 1.71. The summed E-state index contributed by atoms with van der Waals surface area (Å²) < 4.78 is 25.6. The van der Waals surface area contributed by atoms with E-state index in [1.165, 1.54) is 0 Å². The first-order valence-corrected chi connectivity index (χ1v) is 13.2. The molecule has 0 bridgehead atoms. The zero-order valence-corrected chi connectivity index (χ0v) is 22.2. The molecule has 2 unspecified atom stereocenters. The number of rotatable bonds is 16. The Hall–Kier alpha value is -1.73. The monoisotopic (exact) mass is 496 g/mol. The Morgan fingerprint density at radius 3 is 1.70 bits per heavy atom. The number of carbonyl (C=O) groups is 3. The van der Waals surface area contributed by atoms with Gasteiger partial charge in [0, 0.05) is 33.9 Å². The van der Waals surface area contributed by atoms with Gasteiger partial charge in [-0.2, -0.15) is 0 Å². The van der Waals surface area contributed by atoms with Crippen LogP contribution in [-0.4, -0.2) is 86.1 Å². The summed E-state index contributed by atoms with van der Waals surface area (Å²) in [7, 11) is 2.09. The molecule has 0 heterocycles. The van der Waals surface area contributed by atoms with Gasteiger partial charge in [-0.05, 0) is 19.3 Å². The summed E-state index contributed by atoms with van der Waals surface area (Å²) in [6.45, 7) is 8.40. The highest BCUT2D eigenvalue weighted by molar-refractivity contribution is 6.60. The minimum absolute atomic E-state index is 0.0495. The Morgan fingerprint density at radius 1 is 0.818 bits per heavy atom. The van der Waals surface area contributed by atoms with Crippen LogP contribution in [0.1, 0.15) is 47.0 Å². The first-order chi connectivity index (χ1) is 15.7. The molecule has 0 aromatic rings. The Morgan fingerprint density at radius 2 is 1.27 bits per heavy atom. The molecule has 0 rings (SSSR count). The number of ether oxygens (including phenoxy) is 2. The molecule has 0 spiro atoms. The molecule has 0 radical (unpaired) electrons. The van der Waals surface area contributed by atoms with Crippen LogP contribution in [0.5, 0.6) is 0 Å². The standard InChI is InChI=1S/C14H30N2O6Si.C7H14O3/c1-6-12(2)13(17)22-10-9-16-14(18)15-8-7-11-23(19-3,20-4)21-5;1-3-6(2)7(9)10-5-4-8/h12H,6-11H2,1-5H3,(H2,15,16,18);6,8H,3-5H2,1-2H3. The number of urea groups is 1. The second-order valence-electron chi connectivity index (χ2n) is 7.26. The molecule has 0 aliphatic heterocycles. The van der Waals surface area contributed by atoms with Crippen LogP contribution in [0, 0.1) is 11.8 Å². The molecule has 0 aromatic carbocycles.